The molecule has 130 valence electrons. The van der Waals surface area contributed by atoms with Crippen LogP contribution in [0.1, 0.15) is 11.1 Å². The lowest BCUT2D eigenvalue weighted by molar-refractivity contribution is 0.475. The van der Waals surface area contributed by atoms with Crippen molar-refractivity contribution >= 4 is 33.1 Å². The molecule has 0 spiro atoms. The van der Waals surface area contributed by atoms with Gasteiger partial charge in [-0.2, -0.15) is 0 Å². The summed E-state index contributed by atoms with van der Waals surface area (Å²) < 4.78 is 2.68. The fourth-order valence-corrected chi connectivity index (χ4v) is 3.34. The summed E-state index contributed by atoms with van der Waals surface area (Å²) in [6, 6.07) is 13.3. The molecule has 26 heavy (non-hydrogen) atoms. The van der Waals surface area contributed by atoms with Gasteiger partial charge in [0, 0.05) is 17.4 Å². The standard InChI is InChI=1S/C20H17BrN4O/c1-12-5-3-6-13(2)18(12)24-20-19(14-7-4-8-15(26)9-14)23-17-10-22-16(21)11-25(17)20/h3-11,24,26H,1-2H3. The molecule has 0 unspecified atom stereocenters. The van der Waals surface area contributed by atoms with Crippen LogP contribution in [0.3, 0.4) is 0 Å². The zero-order valence-electron chi connectivity index (χ0n) is 14.4. The first-order valence-electron chi connectivity index (χ1n) is 8.19. The highest BCUT2D eigenvalue weighted by Gasteiger charge is 2.17. The van der Waals surface area contributed by atoms with Crippen molar-refractivity contribution in [3.8, 4) is 17.0 Å². The van der Waals surface area contributed by atoms with Crippen molar-refractivity contribution in [2.45, 2.75) is 13.8 Å². The molecule has 6 heteroatoms. The predicted molar refractivity (Wildman–Crippen MR) is 107 cm³/mol. The molecule has 0 saturated heterocycles. The van der Waals surface area contributed by atoms with Crippen molar-refractivity contribution in [2.24, 2.45) is 0 Å². The van der Waals surface area contributed by atoms with Gasteiger partial charge in [0.1, 0.15) is 21.9 Å². The lowest BCUT2D eigenvalue weighted by Crippen LogP contribution is -2.01. The lowest BCUT2D eigenvalue weighted by atomic mass is 10.1. The topological polar surface area (TPSA) is 62.5 Å². The number of imidazole rings is 1. The Bertz CT molecular complexity index is 1100. The number of anilines is 2. The highest BCUT2D eigenvalue weighted by molar-refractivity contribution is 9.10. The minimum absolute atomic E-state index is 0.205. The maximum absolute atomic E-state index is 9.89. The summed E-state index contributed by atoms with van der Waals surface area (Å²) in [5, 5.41) is 13.4. The third-order valence-electron chi connectivity index (χ3n) is 4.32. The van der Waals surface area contributed by atoms with E-state index in [2.05, 4.69) is 52.2 Å². The number of rotatable bonds is 3. The highest BCUT2D eigenvalue weighted by Crippen LogP contribution is 2.34. The molecule has 0 saturated carbocycles. The van der Waals surface area contributed by atoms with Crippen molar-refractivity contribution in [2.75, 3.05) is 5.32 Å². The third kappa shape index (κ3) is 2.93. The van der Waals surface area contributed by atoms with E-state index in [-0.39, 0.29) is 5.75 Å². The zero-order chi connectivity index (χ0) is 18.3. The van der Waals surface area contributed by atoms with Gasteiger partial charge in [0.2, 0.25) is 0 Å². The third-order valence-corrected chi connectivity index (χ3v) is 4.73. The second-order valence-electron chi connectivity index (χ2n) is 6.19. The average Bonchev–Trinajstić information content (AvgIpc) is 2.96. The first kappa shape index (κ1) is 16.6. The molecular formula is C20H17BrN4O. The van der Waals surface area contributed by atoms with Crippen LogP contribution in [-0.4, -0.2) is 19.5 Å². The van der Waals surface area contributed by atoms with Gasteiger partial charge in [-0.25, -0.2) is 9.97 Å². The Morgan fingerprint density at radius 3 is 2.54 bits per heavy atom. The molecule has 2 aromatic carbocycles. The van der Waals surface area contributed by atoms with Gasteiger partial charge in [-0.15, -0.1) is 0 Å². The van der Waals surface area contributed by atoms with Gasteiger partial charge in [0.25, 0.3) is 0 Å². The monoisotopic (exact) mass is 408 g/mol. The summed E-state index contributed by atoms with van der Waals surface area (Å²) in [5.41, 5.74) is 5.65. The summed E-state index contributed by atoms with van der Waals surface area (Å²) in [4.78, 5) is 9.00. The van der Waals surface area contributed by atoms with Gasteiger partial charge >= 0.3 is 0 Å². The molecule has 5 nitrogen and oxygen atoms in total. The van der Waals surface area contributed by atoms with Crippen LogP contribution in [0.15, 0.2) is 59.5 Å². The van der Waals surface area contributed by atoms with Gasteiger partial charge in [-0.3, -0.25) is 4.40 Å². The van der Waals surface area contributed by atoms with E-state index in [9.17, 15) is 5.11 Å². The molecule has 4 rings (SSSR count). The highest BCUT2D eigenvalue weighted by atomic mass is 79.9. The van der Waals surface area contributed by atoms with Crippen molar-refractivity contribution < 1.29 is 5.11 Å². The molecule has 2 N–H and O–H groups in total. The average molecular weight is 409 g/mol. The fraction of sp³-hybridized carbons (Fsp3) is 0.100. The Morgan fingerprint density at radius 1 is 1.08 bits per heavy atom. The number of fused-ring (bicyclic) bond motifs is 1. The number of nitrogens with zero attached hydrogens (tertiary/aromatic N) is 3. The molecule has 0 fully saturated rings. The molecule has 4 aromatic rings. The number of benzene rings is 2. The minimum Gasteiger partial charge on any atom is -0.508 e. The molecule has 0 radical (unpaired) electrons. The number of para-hydroxylation sites is 1. The van der Waals surface area contributed by atoms with Crippen LogP contribution in [0.25, 0.3) is 16.9 Å². The molecule has 0 aliphatic rings. The Kier molecular flexibility index (Phi) is 4.12. The second kappa shape index (κ2) is 6.46. The summed E-state index contributed by atoms with van der Waals surface area (Å²) >= 11 is 3.43. The van der Waals surface area contributed by atoms with Crippen molar-refractivity contribution in [3.05, 3.63) is 70.6 Å². The van der Waals surface area contributed by atoms with Crippen LogP contribution in [0.2, 0.25) is 0 Å². The summed E-state index contributed by atoms with van der Waals surface area (Å²) in [6.07, 6.45) is 3.59. The van der Waals surface area contributed by atoms with Crippen LogP contribution in [0, 0.1) is 13.8 Å². The number of hydrogen-bond acceptors (Lipinski definition) is 4. The smallest absolute Gasteiger partial charge is 0.157 e. The first-order chi connectivity index (χ1) is 12.5. The van der Waals surface area contributed by atoms with E-state index in [1.807, 2.05) is 28.8 Å². The molecule has 0 aliphatic carbocycles. The van der Waals surface area contributed by atoms with E-state index < -0.39 is 0 Å². The summed E-state index contributed by atoms with van der Waals surface area (Å²) in [7, 11) is 0. The normalized spacial score (nSPS) is 11.0. The number of aryl methyl sites for hydroxylation is 2. The van der Waals surface area contributed by atoms with Crippen LogP contribution < -0.4 is 5.32 Å². The van der Waals surface area contributed by atoms with E-state index >= 15 is 0 Å². The zero-order valence-corrected chi connectivity index (χ0v) is 15.9. The van der Waals surface area contributed by atoms with E-state index in [0.29, 0.717) is 0 Å². The van der Waals surface area contributed by atoms with E-state index in [1.54, 1.807) is 18.3 Å². The first-order valence-corrected chi connectivity index (χ1v) is 8.98. The number of aromatic nitrogens is 3. The number of phenolic OH excluding ortho intramolecular Hbond substituents is 1. The number of hydrogen-bond donors (Lipinski definition) is 2. The lowest BCUT2D eigenvalue weighted by Gasteiger charge is -2.14. The molecule has 2 heterocycles. The Morgan fingerprint density at radius 2 is 1.81 bits per heavy atom. The molecular weight excluding hydrogens is 392 g/mol. The Hall–Kier alpha value is -2.86. The fourth-order valence-electron chi connectivity index (χ4n) is 3.03. The number of aromatic hydroxyl groups is 1. The van der Waals surface area contributed by atoms with Gasteiger partial charge in [0.15, 0.2) is 5.65 Å². The molecule has 2 aromatic heterocycles. The minimum atomic E-state index is 0.205. The van der Waals surface area contributed by atoms with Gasteiger partial charge in [0.05, 0.1) is 6.20 Å². The number of phenols is 1. The van der Waals surface area contributed by atoms with Crippen LogP contribution in [0.5, 0.6) is 5.75 Å². The molecule has 0 bridgehead atoms. The SMILES string of the molecule is Cc1cccc(C)c1Nc1c(-c2cccc(O)c2)nc2cnc(Br)cn12. The van der Waals surface area contributed by atoms with Gasteiger partial charge in [-0.05, 0) is 53.0 Å². The largest absolute Gasteiger partial charge is 0.508 e. The quantitative estimate of drug-likeness (QED) is 0.487. The van der Waals surface area contributed by atoms with E-state index in [4.69, 9.17) is 4.98 Å². The van der Waals surface area contributed by atoms with E-state index in [0.717, 1.165) is 44.1 Å². The maximum Gasteiger partial charge on any atom is 0.157 e. The molecule has 0 atom stereocenters. The van der Waals surface area contributed by atoms with Crippen molar-refractivity contribution in [1.82, 2.24) is 14.4 Å². The predicted octanol–water partition coefficient (Wildman–Crippen LogP) is 5.22. The second-order valence-corrected chi connectivity index (χ2v) is 7.00. The molecule has 0 amide bonds. The van der Waals surface area contributed by atoms with Crippen LogP contribution >= 0.6 is 15.9 Å². The summed E-state index contributed by atoms with van der Waals surface area (Å²) in [6.45, 7) is 4.15. The van der Waals surface area contributed by atoms with E-state index in [1.165, 1.54) is 0 Å². The number of halogens is 1. The molecule has 0 aliphatic heterocycles. The number of nitrogens with one attached hydrogen (secondary N) is 1. The summed E-state index contributed by atoms with van der Waals surface area (Å²) in [5.74, 6) is 1.03. The van der Waals surface area contributed by atoms with Gasteiger partial charge < -0.3 is 10.4 Å². The maximum atomic E-state index is 9.89. The Balaban J connectivity index is 1.96. The van der Waals surface area contributed by atoms with Crippen LogP contribution in [0.4, 0.5) is 11.5 Å². The van der Waals surface area contributed by atoms with Crippen molar-refractivity contribution in [3.63, 3.8) is 0 Å². The van der Waals surface area contributed by atoms with Crippen molar-refractivity contribution in [1.29, 1.82) is 0 Å². The Labute approximate surface area is 159 Å². The van der Waals surface area contributed by atoms with Crippen LogP contribution in [-0.2, 0) is 0 Å². The van der Waals surface area contributed by atoms with Gasteiger partial charge in [-0.1, -0.05) is 30.3 Å².